The molecule has 6 nitrogen and oxygen atoms in total. The molecule has 2 N–H and O–H groups in total. The van der Waals surface area contributed by atoms with Gasteiger partial charge in [0.1, 0.15) is 17.1 Å². The molecule has 16 heavy (non-hydrogen) atoms. The number of aromatic amines is 1. The summed E-state index contributed by atoms with van der Waals surface area (Å²) in [6.45, 7) is 6.87. The Morgan fingerprint density at radius 2 is 2.12 bits per heavy atom. The molecule has 88 valence electrons. The first-order valence-corrected chi connectivity index (χ1v) is 4.84. The molecule has 0 saturated heterocycles. The number of hydrogen-bond donors (Lipinski definition) is 2. The molecule has 1 rings (SSSR count). The van der Waals surface area contributed by atoms with Crippen molar-refractivity contribution in [1.29, 1.82) is 0 Å². The van der Waals surface area contributed by atoms with E-state index >= 15 is 0 Å². The first kappa shape index (κ1) is 12.2. The zero-order chi connectivity index (χ0) is 12.3. The van der Waals surface area contributed by atoms with Crippen molar-refractivity contribution in [3.8, 4) is 0 Å². The number of nitrogens with one attached hydrogen (secondary N) is 2. The number of amides is 1. The van der Waals surface area contributed by atoms with Crippen LogP contribution in [0.25, 0.3) is 0 Å². The predicted octanol–water partition coefficient (Wildman–Crippen LogP) is 1.43. The average molecular weight is 225 g/mol. The molecule has 0 unspecified atom stereocenters. The first-order valence-electron chi connectivity index (χ1n) is 4.84. The van der Waals surface area contributed by atoms with Gasteiger partial charge in [0, 0.05) is 0 Å². The molecule has 0 saturated carbocycles. The number of aryl methyl sites for hydroxylation is 1. The van der Waals surface area contributed by atoms with Gasteiger partial charge in [0.05, 0.1) is 6.20 Å². The molecular weight excluding hydrogens is 210 g/mol. The van der Waals surface area contributed by atoms with Crippen LogP contribution in [0.15, 0.2) is 11.0 Å². The normalized spacial score (nSPS) is 11.0. The fourth-order valence-corrected chi connectivity index (χ4v) is 0.987. The zero-order valence-electron chi connectivity index (χ0n) is 9.75. The minimum absolute atomic E-state index is 0.0693. The monoisotopic (exact) mass is 225 g/mol. The minimum atomic E-state index is -0.677. The van der Waals surface area contributed by atoms with E-state index in [9.17, 15) is 9.59 Å². The van der Waals surface area contributed by atoms with E-state index in [1.54, 1.807) is 27.7 Å². The molecule has 0 fully saturated rings. The van der Waals surface area contributed by atoms with Gasteiger partial charge in [-0.15, -0.1) is 0 Å². The van der Waals surface area contributed by atoms with Crippen molar-refractivity contribution in [3.63, 3.8) is 0 Å². The summed E-state index contributed by atoms with van der Waals surface area (Å²) in [6.07, 6.45) is 0.613. The fraction of sp³-hybridized carbons (Fsp3) is 0.500. The topological polar surface area (TPSA) is 84.1 Å². The number of H-pyrrole nitrogens is 1. The van der Waals surface area contributed by atoms with E-state index in [2.05, 4.69) is 15.3 Å². The van der Waals surface area contributed by atoms with Gasteiger partial charge in [0.15, 0.2) is 0 Å². The summed E-state index contributed by atoms with van der Waals surface area (Å²) in [6, 6.07) is 0. The van der Waals surface area contributed by atoms with Gasteiger partial charge in [-0.3, -0.25) is 10.1 Å². The van der Waals surface area contributed by atoms with Gasteiger partial charge in [-0.1, -0.05) is 0 Å². The standard InChI is InChI=1S/C10H15N3O3/c1-6-11-5-7(8(14)12-6)13-9(15)16-10(2,3)4/h5H,1-4H3,(H,13,15)(H,11,12,14). The number of carbonyl (C=O) groups excluding carboxylic acids is 1. The molecule has 1 aromatic heterocycles. The summed E-state index contributed by atoms with van der Waals surface area (Å²) >= 11 is 0. The van der Waals surface area contributed by atoms with Crippen molar-refractivity contribution < 1.29 is 9.53 Å². The highest BCUT2D eigenvalue weighted by molar-refractivity contribution is 5.84. The number of ether oxygens (including phenoxy) is 1. The van der Waals surface area contributed by atoms with Gasteiger partial charge in [-0.05, 0) is 27.7 Å². The number of rotatable bonds is 1. The Kier molecular flexibility index (Phi) is 3.31. The average Bonchev–Trinajstić information content (AvgIpc) is 2.06. The lowest BCUT2D eigenvalue weighted by Crippen LogP contribution is -2.29. The second-order valence-electron chi connectivity index (χ2n) is 4.34. The van der Waals surface area contributed by atoms with Crippen LogP contribution in [0.3, 0.4) is 0 Å². The molecule has 0 aliphatic rings. The Balaban J connectivity index is 2.74. The maximum Gasteiger partial charge on any atom is 0.412 e. The van der Waals surface area contributed by atoms with Crippen molar-refractivity contribution >= 4 is 11.8 Å². The van der Waals surface area contributed by atoms with Crippen LogP contribution in [0.1, 0.15) is 26.6 Å². The van der Waals surface area contributed by atoms with Gasteiger partial charge in [-0.2, -0.15) is 0 Å². The SMILES string of the molecule is Cc1ncc(NC(=O)OC(C)(C)C)c(=O)[nH]1. The molecule has 0 spiro atoms. The highest BCUT2D eigenvalue weighted by Crippen LogP contribution is 2.08. The summed E-state index contributed by atoms with van der Waals surface area (Å²) in [7, 11) is 0. The molecule has 1 amide bonds. The third kappa shape index (κ3) is 3.72. The highest BCUT2D eigenvalue weighted by atomic mass is 16.6. The van der Waals surface area contributed by atoms with Crippen LogP contribution in [0.5, 0.6) is 0 Å². The second-order valence-corrected chi connectivity index (χ2v) is 4.34. The van der Waals surface area contributed by atoms with Crippen LogP contribution >= 0.6 is 0 Å². The van der Waals surface area contributed by atoms with Gasteiger partial charge in [0.2, 0.25) is 0 Å². The molecular formula is C10H15N3O3. The third-order valence-electron chi connectivity index (χ3n) is 1.56. The van der Waals surface area contributed by atoms with Crippen LogP contribution in [-0.4, -0.2) is 21.7 Å². The molecule has 6 heteroatoms. The Morgan fingerprint density at radius 3 is 2.62 bits per heavy atom. The van der Waals surface area contributed by atoms with Crippen molar-refractivity contribution in [2.24, 2.45) is 0 Å². The van der Waals surface area contributed by atoms with E-state index in [-0.39, 0.29) is 5.69 Å². The Morgan fingerprint density at radius 1 is 1.50 bits per heavy atom. The molecule has 0 atom stereocenters. The molecule has 0 aliphatic carbocycles. The van der Waals surface area contributed by atoms with E-state index in [4.69, 9.17) is 4.74 Å². The van der Waals surface area contributed by atoms with Crippen LogP contribution in [0.4, 0.5) is 10.5 Å². The number of hydrogen-bond acceptors (Lipinski definition) is 4. The summed E-state index contributed by atoms with van der Waals surface area (Å²) in [5.74, 6) is 0.486. The summed E-state index contributed by atoms with van der Waals surface area (Å²) in [4.78, 5) is 29.1. The summed E-state index contributed by atoms with van der Waals surface area (Å²) < 4.78 is 5.00. The Hall–Kier alpha value is -1.85. The van der Waals surface area contributed by atoms with E-state index in [1.807, 2.05) is 0 Å². The number of carbonyl (C=O) groups is 1. The number of nitrogens with zero attached hydrogens (tertiary/aromatic N) is 1. The van der Waals surface area contributed by atoms with Crippen LogP contribution in [0, 0.1) is 6.92 Å². The van der Waals surface area contributed by atoms with Crippen LogP contribution in [0.2, 0.25) is 0 Å². The maximum absolute atomic E-state index is 11.4. The van der Waals surface area contributed by atoms with Gasteiger partial charge in [0.25, 0.3) is 5.56 Å². The lowest BCUT2D eigenvalue weighted by molar-refractivity contribution is 0.0635. The smallest absolute Gasteiger partial charge is 0.412 e. The summed E-state index contributed by atoms with van der Waals surface area (Å²) in [5, 5.41) is 2.33. The Bertz CT molecular complexity index is 445. The molecule has 0 aromatic carbocycles. The highest BCUT2D eigenvalue weighted by Gasteiger charge is 2.17. The quantitative estimate of drug-likeness (QED) is 0.757. The predicted molar refractivity (Wildman–Crippen MR) is 59.5 cm³/mol. The van der Waals surface area contributed by atoms with E-state index in [0.717, 1.165) is 0 Å². The third-order valence-corrected chi connectivity index (χ3v) is 1.56. The second kappa shape index (κ2) is 4.34. The zero-order valence-corrected chi connectivity index (χ0v) is 9.75. The number of aromatic nitrogens is 2. The van der Waals surface area contributed by atoms with Crippen molar-refractivity contribution in [2.75, 3.05) is 5.32 Å². The molecule has 1 heterocycles. The molecule has 0 bridgehead atoms. The van der Waals surface area contributed by atoms with Crippen molar-refractivity contribution in [1.82, 2.24) is 9.97 Å². The van der Waals surface area contributed by atoms with E-state index < -0.39 is 17.3 Å². The van der Waals surface area contributed by atoms with E-state index in [0.29, 0.717) is 5.82 Å². The molecule has 0 radical (unpaired) electrons. The van der Waals surface area contributed by atoms with Crippen molar-refractivity contribution in [2.45, 2.75) is 33.3 Å². The lowest BCUT2D eigenvalue weighted by Gasteiger charge is -2.19. The van der Waals surface area contributed by atoms with Gasteiger partial charge in [-0.25, -0.2) is 9.78 Å². The van der Waals surface area contributed by atoms with Crippen molar-refractivity contribution in [3.05, 3.63) is 22.4 Å². The largest absolute Gasteiger partial charge is 0.444 e. The van der Waals surface area contributed by atoms with E-state index in [1.165, 1.54) is 6.20 Å². The minimum Gasteiger partial charge on any atom is -0.444 e. The molecule has 0 aliphatic heterocycles. The maximum atomic E-state index is 11.4. The first-order chi connectivity index (χ1) is 7.28. The number of anilines is 1. The fourth-order valence-electron chi connectivity index (χ4n) is 0.987. The van der Waals surface area contributed by atoms with Crippen LogP contribution in [-0.2, 0) is 4.74 Å². The van der Waals surface area contributed by atoms with Crippen LogP contribution < -0.4 is 10.9 Å². The lowest BCUT2D eigenvalue weighted by atomic mass is 10.2. The van der Waals surface area contributed by atoms with Gasteiger partial charge < -0.3 is 9.72 Å². The van der Waals surface area contributed by atoms with Gasteiger partial charge >= 0.3 is 6.09 Å². The molecule has 1 aromatic rings. The summed E-state index contributed by atoms with van der Waals surface area (Å²) in [5.41, 5.74) is -0.937. The Labute approximate surface area is 93.0 Å².